The van der Waals surface area contributed by atoms with Crippen LogP contribution in [0.2, 0.25) is 0 Å². The second kappa shape index (κ2) is 5.22. The molecule has 0 saturated heterocycles. The average Bonchev–Trinajstić information content (AvgIpc) is 2.37. The highest BCUT2D eigenvalue weighted by Gasteiger charge is 2.11. The maximum atomic E-state index is 11.2. The van der Waals surface area contributed by atoms with Gasteiger partial charge in [0.15, 0.2) is 5.96 Å². The lowest BCUT2D eigenvalue weighted by Gasteiger charge is -2.05. The van der Waals surface area contributed by atoms with E-state index in [2.05, 4.69) is 15.0 Å². The Bertz CT molecular complexity index is 734. The van der Waals surface area contributed by atoms with Gasteiger partial charge >= 0.3 is 5.97 Å². The number of nitrogens with two attached hydrogens (primary N) is 3. The Labute approximate surface area is 113 Å². The number of carboxylic acids is 1. The molecule has 1 aromatic carbocycles. The number of aromatic nitrogens is 1. The van der Waals surface area contributed by atoms with E-state index in [1.165, 1.54) is 24.5 Å². The van der Waals surface area contributed by atoms with Crippen molar-refractivity contribution in [3.8, 4) is 0 Å². The number of carboxylic acid groups (broad SMARTS) is 1. The molecule has 0 atom stereocenters. The lowest BCUT2D eigenvalue weighted by atomic mass is 10.1. The molecular formula is C12H12N6O2. The van der Waals surface area contributed by atoms with Gasteiger partial charge in [0.2, 0.25) is 5.96 Å². The Hall–Kier alpha value is -3.16. The third-order valence-electron chi connectivity index (χ3n) is 2.50. The first-order valence-corrected chi connectivity index (χ1v) is 5.53. The fraction of sp³-hybridized carbons (Fsp3) is 0. The molecule has 8 nitrogen and oxygen atoms in total. The molecule has 0 fully saturated rings. The molecule has 0 aliphatic heterocycles. The summed E-state index contributed by atoms with van der Waals surface area (Å²) in [4.78, 5) is 22.8. The lowest BCUT2D eigenvalue weighted by Crippen LogP contribution is -2.26. The molecule has 1 aromatic heterocycles. The zero-order valence-electron chi connectivity index (χ0n) is 10.3. The van der Waals surface area contributed by atoms with E-state index in [0.717, 1.165) is 0 Å². The van der Waals surface area contributed by atoms with Gasteiger partial charge < -0.3 is 22.3 Å². The van der Waals surface area contributed by atoms with Crippen LogP contribution < -0.4 is 17.2 Å². The van der Waals surface area contributed by atoms with Gasteiger partial charge in [0.05, 0.1) is 11.3 Å². The van der Waals surface area contributed by atoms with Crippen molar-refractivity contribution >= 4 is 34.3 Å². The summed E-state index contributed by atoms with van der Waals surface area (Å²) in [5.74, 6) is -1.37. The largest absolute Gasteiger partial charge is 0.478 e. The summed E-state index contributed by atoms with van der Waals surface area (Å²) in [5.41, 5.74) is 16.5. The average molecular weight is 272 g/mol. The molecule has 0 bridgehead atoms. The van der Waals surface area contributed by atoms with Gasteiger partial charge in [0.1, 0.15) is 0 Å². The summed E-state index contributed by atoms with van der Waals surface area (Å²) in [6.07, 6.45) is 3.01. The standard InChI is InChI=1S/C12H12N6O2/c13-11(14)18-12(15)17-9-2-1-7(10(19)20)6-3-4-16-5-8(6)9/h1-5H,(H,19,20)(H6,13,14,15,17,18). The number of hydrogen-bond donors (Lipinski definition) is 4. The van der Waals surface area contributed by atoms with Gasteiger partial charge in [-0.2, -0.15) is 4.99 Å². The quantitative estimate of drug-likeness (QED) is 0.451. The monoisotopic (exact) mass is 272 g/mol. The Morgan fingerprint density at radius 1 is 1.15 bits per heavy atom. The summed E-state index contributed by atoms with van der Waals surface area (Å²) >= 11 is 0. The van der Waals surface area contributed by atoms with E-state index in [0.29, 0.717) is 16.5 Å². The Morgan fingerprint density at radius 3 is 2.55 bits per heavy atom. The molecular weight excluding hydrogens is 260 g/mol. The summed E-state index contributed by atoms with van der Waals surface area (Å²) in [5, 5.41) is 10.2. The van der Waals surface area contributed by atoms with Crippen LogP contribution in [-0.4, -0.2) is 28.0 Å². The molecule has 0 aliphatic carbocycles. The van der Waals surface area contributed by atoms with E-state index in [9.17, 15) is 4.79 Å². The molecule has 2 rings (SSSR count). The normalized spacial score (nSPS) is 11.3. The smallest absolute Gasteiger partial charge is 0.336 e. The molecule has 20 heavy (non-hydrogen) atoms. The van der Waals surface area contributed by atoms with Crippen LogP contribution in [0.25, 0.3) is 10.8 Å². The molecule has 0 radical (unpaired) electrons. The van der Waals surface area contributed by atoms with Crippen LogP contribution in [0, 0.1) is 0 Å². The minimum Gasteiger partial charge on any atom is -0.478 e. The summed E-state index contributed by atoms with van der Waals surface area (Å²) < 4.78 is 0. The Balaban J connectivity index is 2.65. The van der Waals surface area contributed by atoms with Gasteiger partial charge in [0.25, 0.3) is 0 Å². The van der Waals surface area contributed by atoms with Crippen molar-refractivity contribution in [1.29, 1.82) is 0 Å². The molecule has 8 heteroatoms. The second-order valence-corrected chi connectivity index (χ2v) is 3.87. The fourth-order valence-electron chi connectivity index (χ4n) is 1.74. The minimum atomic E-state index is -1.03. The Morgan fingerprint density at radius 2 is 1.90 bits per heavy atom. The van der Waals surface area contributed by atoms with Crippen molar-refractivity contribution in [2.75, 3.05) is 0 Å². The Kier molecular flexibility index (Phi) is 3.47. The van der Waals surface area contributed by atoms with Crippen molar-refractivity contribution in [3.63, 3.8) is 0 Å². The summed E-state index contributed by atoms with van der Waals surface area (Å²) in [6, 6.07) is 4.55. The zero-order chi connectivity index (χ0) is 14.7. The van der Waals surface area contributed by atoms with Gasteiger partial charge in [-0.05, 0) is 18.2 Å². The van der Waals surface area contributed by atoms with E-state index in [1.807, 2.05) is 0 Å². The van der Waals surface area contributed by atoms with E-state index in [4.69, 9.17) is 22.3 Å². The fourth-order valence-corrected chi connectivity index (χ4v) is 1.74. The number of aromatic carboxylic acids is 1. The number of carbonyl (C=O) groups is 1. The van der Waals surface area contributed by atoms with Crippen molar-refractivity contribution < 1.29 is 9.90 Å². The molecule has 7 N–H and O–H groups in total. The summed E-state index contributed by atoms with van der Waals surface area (Å²) in [7, 11) is 0. The number of pyridine rings is 1. The molecule has 0 amide bonds. The molecule has 2 aromatic rings. The first kappa shape index (κ1) is 13.3. The van der Waals surface area contributed by atoms with Crippen LogP contribution in [-0.2, 0) is 0 Å². The highest BCUT2D eigenvalue weighted by atomic mass is 16.4. The SMILES string of the molecule is NC(N)=NC(N)=Nc1ccc(C(=O)O)c2ccncc12. The number of guanidine groups is 2. The third-order valence-corrected chi connectivity index (χ3v) is 2.50. The maximum Gasteiger partial charge on any atom is 0.336 e. The number of fused-ring (bicyclic) bond motifs is 1. The molecule has 0 aliphatic rings. The number of benzene rings is 1. The van der Waals surface area contributed by atoms with Crippen LogP contribution in [0.1, 0.15) is 10.4 Å². The van der Waals surface area contributed by atoms with Crippen molar-refractivity contribution in [1.82, 2.24) is 4.98 Å². The molecule has 1 heterocycles. The third kappa shape index (κ3) is 2.64. The van der Waals surface area contributed by atoms with Gasteiger partial charge in [-0.15, -0.1) is 0 Å². The highest BCUT2D eigenvalue weighted by Crippen LogP contribution is 2.28. The summed E-state index contributed by atoms with van der Waals surface area (Å²) in [6.45, 7) is 0. The van der Waals surface area contributed by atoms with E-state index < -0.39 is 5.97 Å². The van der Waals surface area contributed by atoms with E-state index in [-0.39, 0.29) is 17.5 Å². The lowest BCUT2D eigenvalue weighted by molar-refractivity contribution is 0.0699. The van der Waals surface area contributed by atoms with E-state index in [1.54, 1.807) is 6.07 Å². The van der Waals surface area contributed by atoms with Gasteiger partial charge in [-0.25, -0.2) is 9.79 Å². The van der Waals surface area contributed by atoms with Crippen LogP contribution in [0.15, 0.2) is 40.6 Å². The van der Waals surface area contributed by atoms with Crippen LogP contribution in [0.5, 0.6) is 0 Å². The molecule has 0 saturated carbocycles. The number of hydrogen-bond acceptors (Lipinski definition) is 3. The highest BCUT2D eigenvalue weighted by molar-refractivity contribution is 6.07. The molecule has 0 spiro atoms. The first-order valence-electron chi connectivity index (χ1n) is 5.53. The number of nitrogens with zero attached hydrogens (tertiary/aromatic N) is 3. The number of aliphatic imine (C=N–C) groups is 2. The minimum absolute atomic E-state index is 0.127. The molecule has 102 valence electrons. The van der Waals surface area contributed by atoms with Crippen molar-refractivity contribution in [3.05, 3.63) is 36.2 Å². The van der Waals surface area contributed by atoms with Gasteiger partial charge in [-0.3, -0.25) is 4.98 Å². The zero-order valence-corrected chi connectivity index (χ0v) is 10.3. The van der Waals surface area contributed by atoms with Crippen LogP contribution in [0.3, 0.4) is 0 Å². The van der Waals surface area contributed by atoms with Crippen LogP contribution in [0.4, 0.5) is 5.69 Å². The topological polar surface area (TPSA) is 153 Å². The van der Waals surface area contributed by atoms with Gasteiger partial charge in [-0.1, -0.05) is 0 Å². The number of rotatable bonds is 2. The van der Waals surface area contributed by atoms with Crippen molar-refractivity contribution in [2.24, 2.45) is 27.2 Å². The second-order valence-electron chi connectivity index (χ2n) is 3.87. The predicted octanol–water partition coefficient (Wildman–Crippen LogP) is 0.153. The van der Waals surface area contributed by atoms with E-state index >= 15 is 0 Å². The predicted molar refractivity (Wildman–Crippen MR) is 75.8 cm³/mol. The maximum absolute atomic E-state index is 11.2. The van der Waals surface area contributed by atoms with Crippen molar-refractivity contribution in [2.45, 2.75) is 0 Å². The van der Waals surface area contributed by atoms with Crippen LogP contribution >= 0.6 is 0 Å². The van der Waals surface area contributed by atoms with Gasteiger partial charge in [0, 0.05) is 23.2 Å². The first-order chi connectivity index (χ1) is 9.49. The molecule has 0 unspecified atom stereocenters.